The Labute approximate surface area is 154 Å². The average molecular weight is 363 g/mol. The Hall–Kier alpha value is -1.99. The molecule has 0 saturated heterocycles. The lowest BCUT2D eigenvalue weighted by Crippen LogP contribution is -3.07. The van der Waals surface area contributed by atoms with E-state index in [0.717, 1.165) is 18.9 Å². The van der Waals surface area contributed by atoms with Crippen molar-refractivity contribution in [3.63, 3.8) is 0 Å². The number of hydrogen-bond acceptors (Lipinski definition) is 3. The van der Waals surface area contributed by atoms with Gasteiger partial charge in [0.15, 0.2) is 6.67 Å². The quantitative estimate of drug-likeness (QED) is 0.658. The molecule has 1 heterocycles. The summed E-state index contributed by atoms with van der Waals surface area (Å²) in [5, 5.41) is 4.66. The predicted molar refractivity (Wildman–Crippen MR) is 100 cm³/mol. The maximum atomic E-state index is 11.1. The summed E-state index contributed by atoms with van der Waals surface area (Å²) >= 11 is 5.63. The van der Waals surface area contributed by atoms with Crippen LogP contribution < -0.4 is 10.6 Å². The number of primary amides is 1. The number of aryl methyl sites for hydroxylation is 1. The van der Waals surface area contributed by atoms with Gasteiger partial charge >= 0.3 is 0 Å². The number of rotatable bonds is 9. The molecule has 6 nitrogen and oxygen atoms in total. The van der Waals surface area contributed by atoms with Gasteiger partial charge in [0.25, 0.3) is 0 Å². The van der Waals surface area contributed by atoms with Crippen LogP contribution in [0.25, 0.3) is 0 Å². The van der Waals surface area contributed by atoms with Gasteiger partial charge in [-0.25, -0.2) is 0 Å². The molecule has 136 valence electrons. The van der Waals surface area contributed by atoms with Crippen LogP contribution in [0.2, 0.25) is 0 Å². The van der Waals surface area contributed by atoms with Crippen LogP contribution in [-0.4, -0.2) is 27.3 Å². The molecule has 0 radical (unpaired) electrons. The molecular weight excluding hydrogens is 334 g/mol. The lowest BCUT2D eigenvalue weighted by Gasteiger charge is -2.13. The largest absolute Gasteiger partial charge is 0.370 e. The summed E-state index contributed by atoms with van der Waals surface area (Å²) in [5.41, 5.74) is 6.57. The van der Waals surface area contributed by atoms with Crippen molar-refractivity contribution in [2.45, 2.75) is 46.4 Å². The first kappa shape index (κ1) is 19.3. The highest BCUT2D eigenvalue weighted by Gasteiger charge is 2.15. The average Bonchev–Trinajstić information content (AvgIpc) is 2.82. The Balaban J connectivity index is 2.16. The first-order chi connectivity index (χ1) is 11.9. The second-order valence-corrected chi connectivity index (χ2v) is 7.31. The fraction of sp³-hybridized carbons (Fsp3) is 0.500. The molecule has 1 aromatic carbocycles. The van der Waals surface area contributed by atoms with Crippen molar-refractivity contribution in [3.05, 3.63) is 46.5 Å². The van der Waals surface area contributed by atoms with Crippen LogP contribution in [0.1, 0.15) is 31.7 Å². The van der Waals surface area contributed by atoms with Gasteiger partial charge in [-0.2, -0.15) is 9.78 Å². The number of hydrogen-bond donors (Lipinski definition) is 2. The van der Waals surface area contributed by atoms with E-state index in [0.29, 0.717) is 23.8 Å². The smallest absolute Gasteiger partial charge is 0.217 e. The highest BCUT2D eigenvalue weighted by Crippen LogP contribution is 2.08. The van der Waals surface area contributed by atoms with Crippen LogP contribution in [0.15, 0.2) is 30.3 Å². The number of nitrogens with zero attached hydrogens (tertiary/aromatic N) is 3. The lowest BCUT2D eigenvalue weighted by atomic mass is 10.2. The van der Waals surface area contributed by atoms with Crippen LogP contribution in [0.5, 0.6) is 0 Å². The number of nitrogens with one attached hydrogen (secondary N) is 1. The second kappa shape index (κ2) is 8.92. The van der Waals surface area contributed by atoms with Crippen molar-refractivity contribution < 1.29 is 9.69 Å². The lowest BCUT2D eigenvalue weighted by molar-refractivity contribution is -0.917. The molecule has 25 heavy (non-hydrogen) atoms. The summed E-state index contributed by atoms with van der Waals surface area (Å²) in [7, 11) is 2.12. The van der Waals surface area contributed by atoms with E-state index in [1.54, 1.807) is 0 Å². The Bertz CT molecular complexity index is 751. The number of aromatic nitrogens is 3. The van der Waals surface area contributed by atoms with Crippen LogP contribution in [0.3, 0.4) is 0 Å². The van der Waals surface area contributed by atoms with Gasteiger partial charge in [-0.05, 0) is 18.1 Å². The Morgan fingerprint density at radius 1 is 1.32 bits per heavy atom. The standard InChI is InChI=1S/C18H27N5OS/c1-14(2)11-22-17(10-9-16(19)24)20-23(18(22)25)13-21(3)12-15-7-5-4-6-8-15/h4-8,14H,9-13H2,1-3H3,(H2,19,24)/p+1. The highest BCUT2D eigenvalue weighted by atomic mass is 32.1. The number of nitrogens with two attached hydrogens (primary N) is 1. The molecule has 0 saturated carbocycles. The molecular formula is C18H28N5OS+. The summed E-state index contributed by atoms with van der Waals surface area (Å²) in [5.74, 6) is 0.972. The number of carbonyl (C=O) groups is 1. The van der Waals surface area contributed by atoms with Crippen LogP contribution in [-0.2, 0) is 31.0 Å². The summed E-state index contributed by atoms with van der Waals surface area (Å²) in [6.07, 6.45) is 0.813. The zero-order chi connectivity index (χ0) is 18.4. The summed E-state index contributed by atoms with van der Waals surface area (Å²) in [6, 6.07) is 10.4. The van der Waals surface area contributed by atoms with Crippen LogP contribution in [0, 0.1) is 10.7 Å². The van der Waals surface area contributed by atoms with Gasteiger partial charge in [-0.3, -0.25) is 4.79 Å². The molecule has 1 aromatic heterocycles. The third kappa shape index (κ3) is 5.79. The summed E-state index contributed by atoms with van der Waals surface area (Å²) in [4.78, 5) is 12.4. The zero-order valence-electron chi connectivity index (χ0n) is 15.2. The van der Waals surface area contributed by atoms with Crippen molar-refractivity contribution in [3.8, 4) is 0 Å². The number of carbonyl (C=O) groups excluding carboxylic acids is 1. The molecule has 1 amide bonds. The van der Waals surface area contributed by atoms with Gasteiger partial charge in [-0.1, -0.05) is 44.2 Å². The van der Waals surface area contributed by atoms with Gasteiger partial charge in [0, 0.05) is 24.9 Å². The number of quaternary nitrogens is 1. The SMILES string of the molecule is CC(C)Cn1c(CCC(N)=O)nn(C[NH+](C)Cc2ccccc2)c1=S. The molecule has 0 aliphatic rings. The number of benzene rings is 1. The molecule has 2 aromatic rings. The first-order valence-corrected chi connectivity index (χ1v) is 9.07. The normalized spacial score (nSPS) is 12.5. The fourth-order valence-corrected chi connectivity index (χ4v) is 3.10. The van der Waals surface area contributed by atoms with Gasteiger partial charge in [0.2, 0.25) is 10.7 Å². The fourth-order valence-electron chi connectivity index (χ4n) is 2.81. The molecule has 0 spiro atoms. The van der Waals surface area contributed by atoms with Crippen molar-refractivity contribution in [2.24, 2.45) is 11.7 Å². The molecule has 0 fully saturated rings. The highest BCUT2D eigenvalue weighted by molar-refractivity contribution is 7.71. The van der Waals surface area contributed by atoms with Crippen molar-refractivity contribution in [1.82, 2.24) is 14.3 Å². The van der Waals surface area contributed by atoms with E-state index in [-0.39, 0.29) is 12.3 Å². The molecule has 1 unspecified atom stereocenters. The minimum Gasteiger partial charge on any atom is -0.370 e. The Morgan fingerprint density at radius 2 is 2.00 bits per heavy atom. The molecule has 0 aliphatic heterocycles. The molecule has 1 atom stereocenters. The van der Waals surface area contributed by atoms with Gasteiger partial charge < -0.3 is 15.2 Å². The van der Waals surface area contributed by atoms with Gasteiger partial charge in [-0.15, -0.1) is 0 Å². The molecule has 7 heteroatoms. The van der Waals surface area contributed by atoms with E-state index < -0.39 is 0 Å². The third-order valence-corrected chi connectivity index (χ3v) is 4.34. The Kier molecular flexibility index (Phi) is 6.90. The van der Waals surface area contributed by atoms with Gasteiger partial charge in [0.1, 0.15) is 12.4 Å². The third-order valence-electron chi connectivity index (χ3n) is 3.91. The van der Waals surface area contributed by atoms with Crippen molar-refractivity contribution >= 4 is 18.1 Å². The van der Waals surface area contributed by atoms with Crippen molar-refractivity contribution in [2.75, 3.05) is 7.05 Å². The van der Waals surface area contributed by atoms with E-state index in [4.69, 9.17) is 18.0 Å². The summed E-state index contributed by atoms with van der Waals surface area (Å²) < 4.78 is 4.62. The van der Waals surface area contributed by atoms with E-state index in [1.165, 1.54) is 10.5 Å². The molecule has 2 rings (SSSR count). The van der Waals surface area contributed by atoms with E-state index in [2.05, 4.69) is 38.1 Å². The second-order valence-electron chi connectivity index (χ2n) is 6.95. The maximum absolute atomic E-state index is 11.1. The van der Waals surface area contributed by atoms with Crippen molar-refractivity contribution in [1.29, 1.82) is 0 Å². The first-order valence-electron chi connectivity index (χ1n) is 8.67. The molecule has 0 aliphatic carbocycles. The monoisotopic (exact) mass is 362 g/mol. The van der Waals surface area contributed by atoms with E-state index in [9.17, 15) is 4.79 Å². The van der Waals surface area contributed by atoms with Gasteiger partial charge in [0.05, 0.1) is 7.05 Å². The van der Waals surface area contributed by atoms with E-state index in [1.807, 2.05) is 27.4 Å². The zero-order valence-corrected chi connectivity index (χ0v) is 16.1. The molecule has 3 N–H and O–H groups in total. The maximum Gasteiger partial charge on any atom is 0.217 e. The van der Waals surface area contributed by atoms with E-state index >= 15 is 0 Å². The number of amides is 1. The topological polar surface area (TPSA) is 70.3 Å². The molecule has 0 bridgehead atoms. The summed E-state index contributed by atoms with van der Waals surface area (Å²) in [6.45, 7) is 6.66. The van der Waals surface area contributed by atoms with Crippen LogP contribution in [0.4, 0.5) is 0 Å². The predicted octanol–water partition coefficient (Wildman–Crippen LogP) is 1.16. The minimum absolute atomic E-state index is 0.288. The van der Waals surface area contributed by atoms with Crippen LogP contribution >= 0.6 is 12.2 Å². The Morgan fingerprint density at radius 3 is 2.60 bits per heavy atom. The minimum atomic E-state index is -0.316.